The highest BCUT2D eigenvalue weighted by molar-refractivity contribution is 7.79. The molecule has 1 saturated heterocycles. The first-order chi connectivity index (χ1) is 13.2. The van der Waals surface area contributed by atoms with Crippen molar-refractivity contribution in [1.82, 2.24) is 10.2 Å². The minimum absolute atomic E-state index is 0.0471. The Kier molecular flexibility index (Phi) is 7.59. The van der Waals surface area contributed by atoms with Gasteiger partial charge in [-0.3, -0.25) is 13.9 Å². The molecule has 3 rings (SSSR count). The van der Waals surface area contributed by atoms with Crippen molar-refractivity contribution in [2.24, 2.45) is 0 Å². The van der Waals surface area contributed by atoms with E-state index in [4.69, 9.17) is 22.3 Å². The fourth-order valence-corrected chi connectivity index (χ4v) is 3.49. The van der Waals surface area contributed by atoms with Crippen LogP contribution in [0.3, 0.4) is 0 Å². The smallest absolute Gasteiger partial charge is 0.379 e. The summed E-state index contributed by atoms with van der Waals surface area (Å²) >= 11 is 0. The third-order valence-electron chi connectivity index (χ3n) is 5.18. The molecule has 0 unspecified atom stereocenters. The Hall–Kier alpha value is -1.94. The zero-order chi connectivity index (χ0) is 20.8. The van der Waals surface area contributed by atoms with E-state index < -0.39 is 10.4 Å². The predicted octanol–water partition coefficient (Wildman–Crippen LogP) is 1.94. The van der Waals surface area contributed by atoms with Gasteiger partial charge in [0.15, 0.2) is 0 Å². The molecule has 0 aromatic heterocycles. The van der Waals surface area contributed by atoms with Crippen LogP contribution in [0.4, 0.5) is 0 Å². The van der Waals surface area contributed by atoms with Crippen LogP contribution in [0.1, 0.15) is 37.8 Å². The number of benzene rings is 1. The Morgan fingerprint density at radius 3 is 2.36 bits per heavy atom. The minimum atomic E-state index is -4.67. The molecule has 8 nitrogen and oxygen atoms in total. The van der Waals surface area contributed by atoms with Gasteiger partial charge in [-0.1, -0.05) is 38.1 Å². The van der Waals surface area contributed by atoms with Crippen molar-refractivity contribution in [2.75, 3.05) is 26.3 Å². The second kappa shape index (κ2) is 9.51. The predicted molar refractivity (Wildman–Crippen MR) is 106 cm³/mol. The van der Waals surface area contributed by atoms with Gasteiger partial charge in [0.25, 0.3) is 0 Å². The molecule has 0 atom stereocenters. The van der Waals surface area contributed by atoms with Gasteiger partial charge in [-0.25, -0.2) is 0 Å². The summed E-state index contributed by atoms with van der Waals surface area (Å²) in [7, 11) is -4.67. The Balaban J connectivity index is 0.000000500. The van der Waals surface area contributed by atoms with Gasteiger partial charge in [0.1, 0.15) is 0 Å². The van der Waals surface area contributed by atoms with Crippen LogP contribution in [0.25, 0.3) is 5.70 Å². The number of rotatable bonds is 3. The number of carbonyl (C=O) groups excluding carboxylic acids is 1. The number of hydrogen-bond donors (Lipinski definition) is 3. The molecule has 1 aromatic carbocycles. The van der Waals surface area contributed by atoms with E-state index in [-0.39, 0.29) is 11.4 Å². The minimum Gasteiger partial charge on any atom is -0.379 e. The zero-order valence-electron chi connectivity index (χ0n) is 16.2. The van der Waals surface area contributed by atoms with E-state index in [2.05, 4.69) is 37.4 Å². The molecule has 1 aromatic rings. The van der Waals surface area contributed by atoms with Gasteiger partial charge in [-0.2, -0.15) is 8.42 Å². The van der Waals surface area contributed by atoms with Crippen LogP contribution in [0.5, 0.6) is 0 Å². The van der Waals surface area contributed by atoms with Crippen LogP contribution < -0.4 is 5.32 Å². The highest BCUT2D eigenvalue weighted by atomic mass is 32.3. The average molecular weight is 413 g/mol. The van der Waals surface area contributed by atoms with Crippen molar-refractivity contribution in [1.29, 1.82) is 0 Å². The maximum atomic E-state index is 12.6. The lowest BCUT2D eigenvalue weighted by Crippen LogP contribution is -2.48. The summed E-state index contributed by atoms with van der Waals surface area (Å²) in [4.78, 5) is 14.5. The fraction of sp³-hybridized carbons (Fsp3) is 0.526. The SMILES string of the molecule is CCC1(CC)Cc2ccccc2/C(=C/C(=O)N2CCOCC2)N1.O=S(=O)(O)O. The Labute approximate surface area is 166 Å². The van der Waals surface area contributed by atoms with Gasteiger partial charge < -0.3 is 15.0 Å². The van der Waals surface area contributed by atoms with Crippen LogP contribution in [-0.4, -0.2) is 60.2 Å². The lowest BCUT2D eigenvalue weighted by Gasteiger charge is -2.40. The third kappa shape index (κ3) is 6.30. The topological polar surface area (TPSA) is 116 Å². The van der Waals surface area contributed by atoms with E-state index in [1.807, 2.05) is 11.0 Å². The first-order valence-corrected chi connectivity index (χ1v) is 10.7. The molecule has 0 spiro atoms. The Morgan fingerprint density at radius 1 is 1.21 bits per heavy atom. The molecule has 28 heavy (non-hydrogen) atoms. The summed E-state index contributed by atoms with van der Waals surface area (Å²) in [6.45, 7) is 7.05. The number of nitrogens with zero attached hydrogens (tertiary/aromatic N) is 1. The molecule has 0 saturated carbocycles. The van der Waals surface area contributed by atoms with Crippen LogP contribution in [0.2, 0.25) is 0 Å². The van der Waals surface area contributed by atoms with Crippen molar-refractivity contribution in [3.05, 3.63) is 41.5 Å². The Morgan fingerprint density at radius 2 is 1.79 bits per heavy atom. The Bertz CT molecular complexity index is 803. The average Bonchev–Trinajstić information content (AvgIpc) is 2.67. The van der Waals surface area contributed by atoms with Gasteiger partial charge in [0.2, 0.25) is 5.91 Å². The van der Waals surface area contributed by atoms with E-state index in [0.717, 1.165) is 30.5 Å². The summed E-state index contributed by atoms with van der Waals surface area (Å²) < 4.78 is 36.9. The van der Waals surface area contributed by atoms with Crippen molar-refractivity contribution < 1.29 is 27.1 Å². The maximum Gasteiger partial charge on any atom is 0.394 e. The lowest BCUT2D eigenvalue weighted by molar-refractivity contribution is -0.129. The number of amides is 1. The summed E-state index contributed by atoms with van der Waals surface area (Å²) in [5.41, 5.74) is 3.50. The van der Waals surface area contributed by atoms with Crippen LogP contribution in [0.15, 0.2) is 30.3 Å². The number of fused-ring (bicyclic) bond motifs is 1. The molecule has 1 amide bonds. The second-order valence-electron chi connectivity index (χ2n) is 6.89. The quantitative estimate of drug-likeness (QED) is 0.513. The van der Waals surface area contributed by atoms with Crippen LogP contribution >= 0.6 is 0 Å². The van der Waals surface area contributed by atoms with Crippen molar-refractivity contribution >= 4 is 22.0 Å². The molecule has 2 aliphatic rings. The van der Waals surface area contributed by atoms with Crippen molar-refractivity contribution in [3.63, 3.8) is 0 Å². The number of nitrogens with one attached hydrogen (secondary N) is 1. The first-order valence-electron chi connectivity index (χ1n) is 9.32. The molecule has 0 radical (unpaired) electrons. The highest BCUT2D eigenvalue weighted by Gasteiger charge is 2.33. The summed E-state index contributed by atoms with van der Waals surface area (Å²) in [6, 6.07) is 8.42. The number of carbonyl (C=O) groups is 1. The summed E-state index contributed by atoms with van der Waals surface area (Å²) in [5.74, 6) is 0.0774. The zero-order valence-corrected chi connectivity index (χ0v) is 17.0. The highest BCUT2D eigenvalue weighted by Crippen LogP contribution is 2.33. The first kappa shape index (κ1) is 22.4. The third-order valence-corrected chi connectivity index (χ3v) is 5.18. The van der Waals surface area contributed by atoms with Gasteiger partial charge in [0, 0.05) is 36.0 Å². The second-order valence-corrected chi connectivity index (χ2v) is 7.79. The van der Waals surface area contributed by atoms with E-state index in [9.17, 15) is 4.79 Å². The van der Waals surface area contributed by atoms with Crippen LogP contribution in [-0.2, 0) is 26.4 Å². The molecule has 9 heteroatoms. The van der Waals surface area contributed by atoms with E-state index in [1.165, 1.54) is 5.56 Å². The number of ether oxygens (including phenoxy) is 1. The van der Waals surface area contributed by atoms with E-state index >= 15 is 0 Å². The van der Waals surface area contributed by atoms with E-state index in [0.29, 0.717) is 26.3 Å². The number of hydrogen-bond acceptors (Lipinski definition) is 5. The standard InChI is InChI=1S/C19H26N2O2.H2O4S/c1-3-19(4-2)14-15-7-5-6-8-16(15)17(20-19)13-18(22)21-9-11-23-12-10-21;1-5(2,3)4/h5-8,13,20H,3-4,9-12,14H2,1-2H3;(H2,1,2,3,4)/b17-13-;. The summed E-state index contributed by atoms with van der Waals surface area (Å²) in [6.07, 6.45) is 4.88. The normalized spacial score (nSPS) is 19.9. The molecule has 2 heterocycles. The maximum absolute atomic E-state index is 12.6. The van der Waals surface area contributed by atoms with Gasteiger partial charge >= 0.3 is 10.4 Å². The molecule has 3 N–H and O–H groups in total. The summed E-state index contributed by atoms with van der Waals surface area (Å²) in [5, 5.41) is 3.67. The van der Waals surface area contributed by atoms with Gasteiger partial charge in [0.05, 0.1) is 13.2 Å². The largest absolute Gasteiger partial charge is 0.394 e. The van der Waals surface area contributed by atoms with Gasteiger partial charge in [-0.15, -0.1) is 0 Å². The fourth-order valence-electron chi connectivity index (χ4n) is 3.49. The molecule has 1 fully saturated rings. The number of morpholine rings is 1. The molecule has 0 bridgehead atoms. The molecular formula is C19H28N2O6S. The molecular weight excluding hydrogens is 384 g/mol. The monoisotopic (exact) mass is 412 g/mol. The van der Waals surface area contributed by atoms with E-state index in [1.54, 1.807) is 6.08 Å². The van der Waals surface area contributed by atoms with Crippen molar-refractivity contribution in [3.8, 4) is 0 Å². The molecule has 156 valence electrons. The lowest BCUT2D eigenvalue weighted by atomic mass is 9.79. The molecule has 2 aliphatic heterocycles. The van der Waals surface area contributed by atoms with Crippen LogP contribution in [0, 0.1) is 0 Å². The molecule has 0 aliphatic carbocycles. The van der Waals surface area contributed by atoms with Crippen molar-refractivity contribution in [2.45, 2.75) is 38.6 Å². The van der Waals surface area contributed by atoms with Gasteiger partial charge in [-0.05, 0) is 24.8 Å².